The average molecular weight is 368 g/mol. The number of rotatable bonds is 5. The molecule has 0 aromatic heterocycles. The average Bonchev–Trinajstić information content (AvgIpc) is 2.74. The molecule has 0 saturated heterocycles. The number of carbonyl (C=O) groups is 1. The van der Waals surface area contributed by atoms with Crippen molar-refractivity contribution in [2.45, 2.75) is 13.0 Å². The summed E-state index contributed by atoms with van der Waals surface area (Å²) in [6.07, 6.45) is -0.868. The summed E-state index contributed by atoms with van der Waals surface area (Å²) in [5.41, 5.74) is 2.86. The number of nitriles is 2. The van der Waals surface area contributed by atoms with Crippen LogP contribution in [0.1, 0.15) is 18.1 Å². The largest absolute Gasteiger partial charge is 0.478 e. The fourth-order valence-electron chi connectivity index (χ4n) is 2.55. The Bertz CT molecular complexity index is 1060. The monoisotopic (exact) mass is 368 g/mol. The third kappa shape index (κ3) is 4.35. The van der Waals surface area contributed by atoms with Crippen LogP contribution < -0.4 is 9.47 Å². The Balaban J connectivity index is 1.65. The molecular weight excluding hydrogens is 352 g/mol. The van der Waals surface area contributed by atoms with Gasteiger partial charge in [-0.25, -0.2) is 4.79 Å². The molecule has 28 heavy (non-hydrogen) atoms. The van der Waals surface area contributed by atoms with Crippen molar-refractivity contribution in [3.8, 4) is 34.8 Å². The van der Waals surface area contributed by atoms with E-state index in [4.69, 9.17) is 20.0 Å². The van der Waals surface area contributed by atoms with Crippen molar-refractivity contribution < 1.29 is 14.3 Å². The van der Waals surface area contributed by atoms with E-state index >= 15 is 0 Å². The first-order valence-electron chi connectivity index (χ1n) is 8.59. The van der Waals surface area contributed by atoms with Crippen molar-refractivity contribution in [1.29, 1.82) is 10.5 Å². The van der Waals surface area contributed by atoms with Crippen LogP contribution >= 0.6 is 0 Å². The zero-order valence-corrected chi connectivity index (χ0v) is 15.1. The van der Waals surface area contributed by atoms with E-state index in [1.54, 1.807) is 55.5 Å². The number of hydrogen-bond acceptors (Lipinski definition) is 5. The van der Waals surface area contributed by atoms with Gasteiger partial charge >= 0.3 is 5.97 Å². The number of esters is 1. The van der Waals surface area contributed by atoms with Crippen molar-refractivity contribution in [3.05, 3.63) is 83.9 Å². The summed E-state index contributed by atoms with van der Waals surface area (Å²) in [6.45, 7) is 1.57. The summed E-state index contributed by atoms with van der Waals surface area (Å²) in [4.78, 5) is 12.3. The normalized spacial score (nSPS) is 11.0. The highest BCUT2D eigenvalue weighted by molar-refractivity contribution is 5.77. The van der Waals surface area contributed by atoms with Gasteiger partial charge < -0.3 is 9.47 Å². The van der Waals surface area contributed by atoms with Gasteiger partial charge in [0.05, 0.1) is 17.2 Å². The smallest absolute Gasteiger partial charge is 0.352 e. The summed E-state index contributed by atoms with van der Waals surface area (Å²) in [5.74, 6) is 0.177. The van der Waals surface area contributed by atoms with Gasteiger partial charge in [0.15, 0.2) is 6.10 Å². The number of hydrogen-bond donors (Lipinski definition) is 0. The zero-order chi connectivity index (χ0) is 19.9. The number of ether oxygens (including phenoxy) is 2. The van der Waals surface area contributed by atoms with Crippen molar-refractivity contribution in [2.24, 2.45) is 0 Å². The van der Waals surface area contributed by atoms with E-state index in [2.05, 4.69) is 6.07 Å². The molecule has 0 amide bonds. The first-order chi connectivity index (χ1) is 13.6. The van der Waals surface area contributed by atoms with Crippen LogP contribution in [0, 0.1) is 22.7 Å². The summed E-state index contributed by atoms with van der Waals surface area (Å²) in [7, 11) is 0. The lowest BCUT2D eigenvalue weighted by Gasteiger charge is -2.14. The van der Waals surface area contributed by atoms with E-state index in [-0.39, 0.29) is 0 Å². The van der Waals surface area contributed by atoms with Crippen molar-refractivity contribution in [2.75, 3.05) is 0 Å². The number of nitrogens with zero attached hydrogens (tertiary/aromatic N) is 2. The van der Waals surface area contributed by atoms with Crippen LogP contribution in [0.25, 0.3) is 11.1 Å². The molecule has 5 heteroatoms. The van der Waals surface area contributed by atoms with Gasteiger partial charge in [0.25, 0.3) is 0 Å². The maximum Gasteiger partial charge on any atom is 0.352 e. The quantitative estimate of drug-likeness (QED) is 0.490. The molecule has 3 rings (SSSR count). The van der Waals surface area contributed by atoms with Gasteiger partial charge in [0, 0.05) is 0 Å². The van der Waals surface area contributed by atoms with Crippen LogP contribution in [0.2, 0.25) is 0 Å². The molecule has 0 aliphatic carbocycles. The number of para-hydroxylation sites is 1. The highest BCUT2D eigenvalue weighted by atomic mass is 16.6. The first kappa shape index (κ1) is 18.7. The van der Waals surface area contributed by atoms with Crippen LogP contribution in [0.3, 0.4) is 0 Å². The molecule has 0 aliphatic rings. The van der Waals surface area contributed by atoms with Crippen LogP contribution in [0.5, 0.6) is 11.5 Å². The summed E-state index contributed by atoms with van der Waals surface area (Å²) < 4.78 is 10.9. The zero-order valence-electron chi connectivity index (χ0n) is 15.1. The third-order valence-corrected chi connectivity index (χ3v) is 4.06. The molecule has 0 N–H and O–H groups in total. The lowest BCUT2D eigenvalue weighted by molar-refractivity contribution is -0.141. The Morgan fingerprint density at radius 2 is 1.46 bits per heavy atom. The molecular formula is C23H16N2O3. The van der Waals surface area contributed by atoms with Crippen molar-refractivity contribution >= 4 is 5.97 Å². The Kier molecular flexibility index (Phi) is 5.69. The van der Waals surface area contributed by atoms with Gasteiger partial charge in [0.2, 0.25) is 0 Å². The Morgan fingerprint density at radius 3 is 2.07 bits per heavy atom. The van der Waals surface area contributed by atoms with E-state index in [1.807, 2.05) is 30.3 Å². The van der Waals surface area contributed by atoms with E-state index in [9.17, 15) is 4.79 Å². The first-order valence-corrected chi connectivity index (χ1v) is 8.59. The fraction of sp³-hybridized carbons (Fsp3) is 0.0870. The summed E-state index contributed by atoms with van der Waals surface area (Å²) >= 11 is 0. The topological polar surface area (TPSA) is 83.1 Å². The lowest BCUT2D eigenvalue weighted by Crippen LogP contribution is -2.28. The van der Waals surface area contributed by atoms with Crippen LogP contribution in [-0.2, 0) is 4.79 Å². The molecule has 1 unspecified atom stereocenters. The van der Waals surface area contributed by atoms with Crippen molar-refractivity contribution in [3.63, 3.8) is 0 Å². The molecule has 0 radical (unpaired) electrons. The second kappa shape index (κ2) is 8.53. The molecule has 0 spiro atoms. The minimum Gasteiger partial charge on any atom is -0.478 e. The SMILES string of the molecule is CC(Oc1ccccc1C#N)C(=O)Oc1ccc(-c2ccc(C#N)cc2)cc1. The third-order valence-electron chi connectivity index (χ3n) is 4.06. The van der Waals surface area contributed by atoms with Gasteiger partial charge in [-0.15, -0.1) is 0 Å². The van der Waals surface area contributed by atoms with Crippen LogP contribution in [0.15, 0.2) is 72.8 Å². The molecule has 5 nitrogen and oxygen atoms in total. The predicted octanol–water partition coefficient (Wildman–Crippen LogP) is 4.47. The van der Waals surface area contributed by atoms with E-state index < -0.39 is 12.1 Å². The Hall–Kier alpha value is -4.09. The van der Waals surface area contributed by atoms with Gasteiger partial charge in [-0.3, -0.25) is 0 Å². The molecule has 3 aromatic rings. The second-order valence-electron chi connectivity index (χ2n) is 6.00. The van der Waals surface area contributed by atoms with E-state index in [0.29, 0.717) is 22.6 Å². The van der Waals surface area contributed by atoms with Crippen molar-refractivity contribution in [1.82, 2.24) is 0 Å². The van der Waals surface area contributed by atoms with Gasteiger partial charge in [-0.1, -0.05) is 36.4 Å². The molecule has 1 atom stereocenters. The van der Waals surface area contributed by atoms with Crippen LogP contribution in [-0.4, -0.2) is 12.1 Å². The minimum atomic E-state index is -0.868. The van der Waals surface area contributed by atoms with Gasteiger partial charge in [0.1, 0.15) is 17.6 Å². The number of benzene rings is 3. The predicted molar refractivity (Wildman–Crippen MR) is 103 cm³/mol. The minimum absolute atomic E-state index is 0.339. The molecule has 3 aromatic carbocycles. The van der Waals surface area contributed by atoms with Gasteiger partial charge in [-0.05, 0) is 54.4 Å². The fourth-order valence-corrected chi connectivity index (χ4v) is 2.55. The molecule has 0 aliphatic heterocycles. The van der Waals surface area contributed by atoms with E-state index in [0.717, 1.165) is 11.1 Å². The number of carbonyl (C=O) groups excluding carboxylic acids is 1. The molecule has 0 saturated carbocycles. The summed E-state index contributed by atoms with van der Waals surface area (Å²) in [5, 5.41) is 18.0. The molecule has 0 fully saturated rings. The standard InChI is InChI=1S/C23H16N2O3/c1-16(27-22-5-3-2-4-20(22)15-25)23(26)28-21-12-10-19(11-13-21)18-8-6-17(14-24)7-9-18/h2-13,16H,1H3. The maximum absolute atomic E-state index is 12.3. The second-order valence-corrected chi connectivity index (χ2v) is 6.00. The highest BCUT2D eigenvalue weighted by Gasteiger charge is 2.18. The molecule has 0 bridgehead atoms. The maximum atomic E-state index is 12.3. The van der Waals surface area contributed by atoms with E-state index in [1.165, 1.54) is 0 Å². The van der Waals surface area contributed by atoms with Crippen LogP contribution in [0.4, 0.5) is 0 Å². The van der Waals surface area contributed by atoms with Gasteiger partial charge in [-0.2, -0.15) is 10.5 Å². The molecule has 136 valence electrons. The highest BCUT2D eigenvalue weighted by Crippen LogP contribution is 2.24. The Labute approximate surface area is 163 Å². The Morgan fingerprint density at radius 1 is 0.857 bits per heavy atom. The lowest BCUT2D eigenvalue weighted by atomic mass is 10.0. The summed E-state index contributed by atoms with van der Waals surface area (Å²) in [6, 6.07) is 25.1. The molecule has 0 heterocycles.